The highest BCUT2D eigenvalue weighted by molar-refractivity contribution is 6.35. The molecule has 0 aliphatic rings. The summed E-state index contributed by atoms with van der Waals surface area (Å²) in [4.78, 5) is 0. The first-order valence-electron chi connectivity index (χ1n) is 5.86. The van der Waals surface area contributed by atoms with Crippen LogP contribution in [0.5, 0.6) is 0 Å². The van der Waals surface area contributed by atoms with Crippen molar-refractivity contribution in [2.75, 3.05) is 5.73 Å². The highest BCUT2D eigenvalue weighted by Crippen LogP contribution is 2.34. The third kappa shape index (κ3) is 2.55. The molecule has 0 atom stereocenters. The number of hydrogen-bond acceptors (Lipinski definition) is 4. The minimum absolute atomic E-state index is 0.391. The maximum absolute atomic E-state index is 6.20. The fraction of sp³-hybridized carbons (Fsp3) is 0. The molecule has 8 heteroatoms. The van der Waals surface area contributed by atoms with Crippen molar-refractivity contribution in [2.24, 2.45) is 0 Å². The largest absolute Gasteiger partial charge is 0.398 e. The summed E-state index contributed by atoms with van der Waals surface area (Å²) in [6.07, 6.45) is 0. The zero-order valence-corrected chi connectivity index (χ0v) is 12.7. The Balaban J connectivity index is 2.25. The van der Waals surface area contributed by atoms with Crippen LogP contribution in [0.2, 0.25) is 15.1 Å². The van der Waals surface area contributed by atoms with E-state index in [1.807, 2.05) is 0 Å². The highest BCUT2D eigenvalue weighted by atomic mass is 35.5. The van der Waals surface area contributed by atoms with E-state index in [0.717, 1.165) is 0 Å². The molecule has 106 valence electrons. The number of benzene rings is 2. The van der Waals surface area contributed by atoms with Crippen molar-refractivity contribution >= 4 is 40.5 Å². The Morgan fingerprint density at radius 2 is 1.81 bits per heavy atom. The molecule has 2 aromatic carbocycles. The molecule has 1 aromatic heterocycles. The lowest BCUT2D eigenvalue weighted by Gasteiger charge is -2.10. The molecule has 0 unspecified atom stereocenters. The third-order valence-corrected chi connectivity index (χ3v) is 3.75. The second kappa shape index (κ2) is 5.52. The van der Waals surface area contributed by atoms with Gasteiger partial charge in [-0.25, -0.2) is 0 Å². The summed E-state index contributed by atoms with van der Waals surface area (Å²) in [5.41, 5.74) is 7.53. The molecule has 3 rings (SSSR count). The summed E-state index contributed by atoms with van der Waals surface area (Å²) >= 11 is 18.4. The maximum atomic E-state index is 6.20. The molecule has 0 fully saturated rings. The Hall–Kier alpha value is -1.82. The Bertz CT molecular complexity index is 795. The van der Waals surface area contributed by atoms with E-state index in [0.29, 0.717) is 37.8 Å². The summed E-state index contributed by atoms with van der Waals surface area (Å²) in [5, 5.41) is 13.0. The van der Waals surface area contributed by atoms with Crippen LogP contribution in [0.3, 0.4) is 0 Å². The second-order valence-corrected chi connectivity index (χ2v) is 5.46. The zero-order chi connectivity index (χ0) is 15.0. The summed E-state index contributed by atoms with van der Waals surface area (Å²) in [6.45, 7) is 0. The maximum Gasteiger partial charge on any atom is 0.190 e. The number of tetrazole rings is 1. The van der Waals surface area contributed by atoms with E-state index in [1.165, 1.54) is 4.68 Å². The van der Waals surface area contributed by atoms with Crippen molar-refractivity contribution in [3.8, 4) is 17.1 Å². The molecule has 0 saturated carbocycles. The molecule has 21 heavy (non-hydrogen) atoms. The van der Waals surface area contributed by atoms with Crippen LogP contribution in [0.25, 0.3) is 17.1 Å². The quantitative estimate of drug-likeness (QED) is 0.719. The summed E-state index contributed by atoms with van der Waals surface area (Å²) in [7, 11) is 0. The van der Waals surface area contributed by atoms with Gasteiger partial charge in [0.2, 0.25) is 0 Å². The normalized spacial score (nSPS) is 10.8. The van der Waals surface area contributed by atoms with Gasteiger partial charge in [0.05, 0.1) is 21.3 Å². The standard InChI is InChI=1S/C13H8Cl3N5/c14-7-4-5-8(15)11(6-7)21-13(18-19-20-21)12-9(16)2-1-3-10(12)17/h1-6H,17H2. The van der Waals surface area contributed by atoms with Crippen molar-refractivity contribution in [3.63, 3.8) is 0 Å². The van der Waals surface area contributed by atoms with Crippen molar-refractivity contribution < 1.29 is 0 Å². The van der Waals surface area contributed by atoms with E-state index < -0.39 is 0 Å². The van der Waals surface area contributed by atoms with Gasteiger partial charge in [0, 0.05) is 10.7 Å². The molecule has 2 N–H and O–H groups in total. The molecule has 0 aliphatic heterocycles. The fourth-order valence-electron chi connectivity index (χ4n) is 1.93. The monoisotopic (exact) mass is 339 g/mol. The number of nitrogen functional groups attached to an aromatic ring is 1. The third-order valence-electron chi connectivity index (χ3n) is 2.88. The van der Waals surface area contributed by atoms with Crippen LogP contribution in [-0.2, 0) is 0 Å². The first-order chi connectivity index (χ1) is 10.1. The van der Waals surface area contributed by atoms with E-state index in [1.54, 1.807) is 36.4 Å². The number of aromatic nitrogens is 4. The zero-order valence-electron chi connectivity index (χ0n) is 10.5. The minimum atomic E-state index is 0.391. The van der Waals surface area contributed by atoms with Gasteiger partial charge in [-0.1, -0.05) is 40.9 Å². The summed E-state index contributed by atoms with van der Waals surface area (Å²) in [5.74, 6) is 0.391. The molecule has 3 aromatic rings. The van der Waals surface area contributed by atoms with Crippen LogP contribution >= 0.6 is 34.8 Å². The Kier molecular flexibility index (Phi) is 3.71. The molecule has 0 bridgehead atoms. The molecular formula is C13H8Cl3N5. The smallest absolute Gasteiger partial charge is 0.190 e. The van der Waals surface area contributed by atoms with E-state index in [-0.39, 0.29) is 0 Å². The molecular weight excluding hydrogens is 333 g/mol. The highest BCUT2D eigenvalue weighted by Gasteiger charge is 2.18. The first-order valence-corrected chi connectivity index (χ1v) is 6.99. The number of halogens is 3. The van der Waals surface area contributed by atoms with Crippen molar-refractivity contribution in [1.29, 1.82) is 0 Å². The SMILES string of the molecule is Nc1cccc(Cl)c1-c1nnnn1-c1cc(Cl)ccc1Cl. The van der Waals surface area contributed by atoms with Crippen LogP contribution < -0.4 is 5.73 Å². The molecule has 1 heterocycles. The van der Waals surface area contributed by atoms with Gasteiger partial charge in [-0.3, -0.25) is 0 Å². The van der Waals surface area contributed by atoms with E-state index in [9.17, 15) is 0 Å². The average Bonchev–Trinajstić information content (AvgIpc) is 2.90. The van der Waals surface area contributed by atoms with Crippen LogP contribution in [0.15, 0.2) is 36.4 Å². The number of nitrogens with two attached hydrogens (primary N) is 1. The minimum Gasteiger partial charge on any atom is -0.398 e. The number of anilines is 1. The van der Waals surface area contributed by atoms with Crippen molar-refractivity contribution in [2.45, 2.75) is 0 Å². The summed E-state index contributed by atoms with van der Waals surface area (Å²) < 4.78 is 1.45. The van der Waals surface area contributed by atoms with Crippen LogP contribution in [-0.4, -0.2) is 20.2 Å². The van der Waals surface area contributed by atoms with E-state index in [2.05, 4.69) is 15.5 Å². The number of nitrogens with zero attached hydrogens (tertiary/aromatic N) is 4. The molecule has 0 saturated heterocycles. The van der Waals surface area contributed by atoms with Gasteiger partial charge in [0.25, 0.3) is 0 Å². The van der Waals surface area contributed by atoms with Crippen molar-refractivity contribution in [1.82, 2.24) is 20.2 Å². The second-order valence-electron chi connectivity index (χ2n) is 4.21. The van der Waals surface area contributed by atoms with Gasteiger partial charge in [-0.2, -0.15) is 4.68 Å². The van der Waals surface area contributed by atoms with Crippen LogP contribution in [0, 0.1) is 0 Å². The lowest BCUT2D eigenvalue weighted by Crippen LogP contribution is -2.03. The molecule has 0 spiro atoms. The molecule has 0 amide bonds. The number of rotatable bonds is 2. The molecule has 0 aliphatic carbocycles. The lowest BCUT2D eigenvalue weighted by molar-refractivity contribution is 0.791. The van der Waals surface area contributed by atoms with Crippen LogP contribution in [0.4, 0.5) is 5.69 Å². The van der Waals surface area contributed by atoms with E-state index in [4.69, 9.17) is 40.5 Å². The first kappa shape index (κ1) is 14.1. The van der Waals surface area contributed by atoms with Crippen LogP contribution in [0.1, 0.15) is 0 Å². The fourth-order valence-corrected chi connectivity index (χ4v) is 2.56. The predicted molar refractivity (Wildman–Crippen MR) is 84.0 cm³/mol. The lowest BCUT2D eigenvalue weighted by atomic mass is 10.1. The van der Waals surface area contributed by atoms with Gasteiger partial charge in [0.15, 0.2) is 5.82 Å². The van der Waals surface area contributed by atoms with Gasteiger partial charge in [0.1, 0.15) is 0 Å². The van der Waals surface area contributed by atoms with Crippen molar-refractivity contribution in [3.05, 3.63) is 51.5 Å². The summed E-state index contributed by atoms with van der Waals surface area (Å²) in [6, 6.07) is 10.2. The van der Waals surface area contributed by atoms with Gasteiger partial charge in [-0.15, -0.1) is 5.10 Å². The topological polar surface area (TPSA) is 69.6 Å². The Morgan fingerprint density at radius 3 is 2.57 bits per heavy atom. The molecule has 0 radical (unpaired) electrons. The molecule has 5 nitrogen and oxygen atoms in total. The van der Waals surface area contributed by atoms with Gasteiger partial charge in [-0.05, 0) is 40.8 Å². The Labute approximate surface area is 135 Å². The van der Waals surface area contributed by atoms with E-state index >= 15 is 0 Å². The average molecular weight is 341 g/mol. The Morgan fingerprint density at radius 1 is 1.00 bits per heavy atom. The van der Waals surface area contributed by atoms with Gasteiger partial charge >= 0.3 is 0 Å². The predicted octanol–water partition coefficient (Wildman–Crippen LogP) is 3.87. The number of hydrogen-bond donors (Lipinski definition) is 1. The van der Waals surface area contributed by atoms with Gasteiger partial charge < -0.3 is 5.73 Å².